The predicted molar refractivity (Wildman–Crippen MR) is 75.8 cm³/mol. The molecule has 1 aromatic carbocycles. The maximum atomic E-state index is 3.17. The van der Waals surface area contributed by atoms with E-state index in [-0.39, 0.29) is 0 Å². The zero-order valence-corrected chi connectivity index (χ0v) is 11.1. The second kappa shape index (κ2) is 5.95. The van der Waals surface area contributed by atoms with Gasteiger partial charge in [-0.05, 0) is 55.9 Å². The van der Waals surface area contributed by atoms with Crippen molar-refractivity contribution in [1.29, 1.82) is 0 Å². The van der Waals surface area contributed by atoms with Crippen molar-refractivity contribution in [2.24, 2.45) is 5.92 Å². The number of nitrogens with zero attached hydrogens (tertiary/aromatic N) is 1. The fourth-order valence-electron chi connectivity index (χ4n) is 2.61. The molecule has 0 spiro atoms. The molecular weight excluding hydrogens is 208 g/mol. The molecule has 1 aliphatic heterocycles. The van der Waals surface area contributed by atoms with Crippen LogP contribution in [0.15, 0.2) is 24.3 Å². The smallest absolute Gasteiger partial charge is 0.0367 e. The van der Waals surface area contributed by atoms with Gasteiger partial charge in [-0.1, -0.05) is 6.92 Å². The molecule has 2 rings (SSSR count). The molecule has 94 valence electrons. The molecule has 2 heteroatoms. The average molecular weight is 232 g/mol. The van der Waals surface area contributed by atoms with Crippen molar-refractivity contribution in [2.45, 2.75) is 32.6 Å². The third kappa shape index (κ3) is 3.39. The van der Waals surface area contributed by atoms with Crippen molar-refractivity contribution in [3.8, 4) is 0 Å². The van der Waals surface area contributed by atoms with Crippen molar-refractivity contribution in [1.82, 2.24) is 0 Å². The van der Waals surface area contributed by atoms with Crippen LogP contribution in [0.3, 0.4) is 0 Å². The Morgan fingerprint density at radius 2 is 1.65 bits per heavy atom. The molecule has 0 aliphatic carbocycles. The third-order valence-corrected chi connectivity index (χ3v) is 3.77. The van der Waals surface area contributed by atoms with E-state index in [0.717, 1.165) is 5.92 Å². The number of rotatable bonds is 2. The van der Waals surface area contributed by atoms with Crippen molar-refractivity contribution in [2.75, 3.05) is 30.4 Å². The highest BCUT2D eigenvalue weighted by molar-refractivity contribution is 5.54. The van der Waals surface area contributed by atoms with Crippen LogP contribution in [0.4, 0.5) is 11.4 Å². The van der Waals surface area contributed by atoms with Gasteiger partial charge in [0.25, 0.3) is 0 Å². The largest absolute Gasteiger partial charge is 0.388 e. The van der Waals surface area contributed by atoms with E-state index < -0.39 is 0 Å². The quantitative estimate of drug-likeness (QED) is 0.835. The summed E-state index contributed by atoms with van der Waals surface area (Å²) in [7, 11) is 1.96. The fourth-order valence-corrected chi connectivity index (χ4v) is 2.61. The summed E-state index contributed by atoms with van der Waals surface area (Å²) in [6.45, 7) is 4.81. The zero-order chi connectivity index (χ0) is 12.1. The van der Waals surface area contributed by atoms with E-state index in [1.54, 1.807) is 0 Å². The molecule has 1 fully saturated rings. The Labute approximate surface area is 105 Å². The normalized spacial score (nSPS) is 18.6. The van der Waals surface area contributed by atoms with E-state index in [4.69, 9.17) is 0 Å². The van der Waals surface area contributed by atoms with Crippen molar-refractivity contribution in [3.63, 3.8) is 0 Å². The lowest BCUT2D eigenvalue weighted by atomic mass is 9.97. The Balaban J connectivity index is 1.99. The van der Waals surface area contributed by atoms with Gasteiger partial charge in [-0.15, -0.1) is 0 Å². The lowest BCUT2D eigenvalue weighted by molar-refractivity contribution is 0.434. The van der Waals surface area contributed by atoms with Gasteiger partial charge in [0, 0.05) is 31.5 Å². The van der Waals surface area contributed by atoms with Crippen LogP contribution in [0.1, 0.15) is 32.6 Å². The van der Waals surface area contributed by atoms with Gasteiger partial charge in [0.15, 0.2) is 0 Å². The SMILES string of the molecule is CNc1ccc(N2CCCC(C)CCC2)cc1. The summed E-state index contributed by atoms with van der Waals surface area (Å²) in [5.74, 6) is 0.920. The minimum Gasteiger partial charge on any atom is -0.388 e. The molecule has 1 heterocycles. The van der Waals surface area contributed by atoms with E-state index in [1.807, 2.05) is 7.05 Å². The molecule has 1 saturated heterocycles. The van der Waals surface area contributed by atoms with Gasteiger partial charge < -0.3 is 10.2 Å². The zero-order valence-electron chi connectivity index (χ0n) is 11.1. The maximum absolute atomic E-state index is 3.17. The maximum Gasteiger partial charge on any atom is 0.0367 e. The molecule has 0 unspecified atom stereocenters. The van der Waals surface area contributed by atoms with Gasteiger partial charge in [0.1, 0.15) is 0 Å². The molecule has 1 N–H and O–H groups in total. The summed E-state index contributed by atoms with van der Waals surface area (Å²) < 4.78 is 0. The summed E-state index contributed by atoms with van der Waals surface area (Å²) in [5, 5.41) is 3.17. The molecule has 1 aliphatic rings. The first-order chi connectivity index (χ1) is 8.29. The van der Waals surface area contributed by atoms with E-state index >= 15 is 0 Å². The number of hydrogen-bond acceptors (Lipinski definition) is 2. The molecule has 0 bridgehead atoms. The Bertz CT molecular complexity index is 321. The van der Waals surface area contributed by atoms with Crippen LogP contribution >= 0.6 is 0 Å². The van der Waals surface area contributed by atoms with E-state index in [0.29, 0.717) is 0 Å². The second-order valence-electron chi connectivity index (χ2n) is 5.17. The average Bonchev–Trinajstić information content (AvgIpc) is 2.34. The van der Waals surface area contributed by atoms with Gasteiger partial charge in [0.2, 0.25) is 0 Å². The number of benzene rings is 1. The van der Waals surface area contributed by atoms with E-state index in [9.17, 15) is 0 Å². The first-order valence-electron chi connectivity index (χ1n) is 6.82. The van der Waals surface area contributed by atoms with E-state index in [2.05, 4.69) is 41.4 Å². The van der Waals surface area contributed by atoms with Gasteiger partial charge >= 0.3 is 0 Å². The van der Waals surface area contributed by atoms with Crippen LogP contribution in [-0.2, 0) is 0 Å². The standard InChI is InChI=1S/C15H24N2/c1-13-5-3-11-17(12-4-6-13)15-9-7-14(16-2)8-10-15/h7-10,13,16H,3-6,11-12H2,1-2H3. The molecule has 1 aromatic rings. The molecular formula is C15H24N2. The van der Waals surface area contributed by atoms with Gasteiger partial charge in [-0.2, -0.15) is 0 Å². The number of nitrogens with one attached hydrogen (secondary N) is 1. The van der Waals surface area contributed by atoms with Gasteiger partial charge in [-0.3, -0.25) is 0 Å². The first-order valence-corrected chi connectivity index (χ1v) is 6.82. The highest BCUT2D eigenvalue weighted by atomic mass is 15.1. The Kier molecular flexibility index (Phi) is 4.29. The fraction of sp³-hybridized carbons (Fsp3) is 0.600. The summed E-state index contributed by atoms with van der Waals surface area (Å²) in [4.78, 5) is 2.53. The van der Waals surface area contributed by atoms with Crippen LogP contribution < -0.4 is 10.2 Å². The Morgan fingerprint density at radius 1 is 1.06 bits per heavy atom. The predicted octanol–water partition coefficient (Wildman–Crippen LogP) is 3.74. The van der Waals surface area contributed by atoms with Crippen LogP contribution in [0, 0.1) is 5.92 Å². The molecule has 0 atom stereocenters. The summed E-state index contributed by atoms with van der Waals surface area (Å²) in [6, 6.07) is 8.79. The minimum absolute atomic E-state index is 0.920. The van der Waals surface area contributed by atoms with Crippen molar-refractivity contribution < 1.29 is 0 Å². The van der Waals surface area contributed by atoms with Crippen molar-refractivity contribution in [3.05, 3.63) is 24.3 Å². The number of hydrogen-bond donors (Lipinski definition) is 1. The molecule has 2 nitrogen and oxygen atoms in total. The van der Waals surface area contributed by atoms with Crippen LogP contribution in [0.5, 0.6) is 0 Å². The van der Waals surface area contributed by atoms with Crippen LogP contribution in [0.2, 0.25) is 0 Å². The lowest BCUT2D eigenvalue weighted by Gasteiger charge is -2.28. The topological polar surface area (TPSA) is 15.3 Å². The summed E-state index contributed by atoms with van der Waals surface area (Å²) in [6.07, 6.45) is 5.42. The van der Waals surface area contributed by atoms with Crippen LogP contribution in [0.25, 0.3) is 0 Å². The van der Waals surface area contributed by atoms with E-state index in [1.165, 1.54) is 50.1 Å². The first kappa shape index (κ1) is 12.3. The van der Waals surface area contributed by atoms with Crippen LogP contribution in [-0.4, -0.2) is 20.1 Å². The molecule has 17 heavy (non-hydrogen) atoms. The summed E-state index contributed by atoms with van der Waals surface area (Å²) in [5.41, 5.74) is 2.56. The monoisotopic (exact) mass is 232 g/mol. The summed E-state index contributed by atoms with van der Waals surface area (Å²) >= 11 is 0. The minimum atomic E-state index is 0.920. The number of anilines is 2. The lowest BCUT2D eigenvalue weighted by Crippen LogP contribution is -2.28. The van der Waals surface area contributed by atoms with Gasteiger partial charge in [-0.25, -0.2) is 0 Å². The molecule has 0 amide bonds. The Hall–Kier alpha value is -1.18. The molecule has 0 saturated carbocycles. The molecule has 0 aromatic heterocycles. The second-order valence-corrected chi connectivity index (χ2v) is 5.17. The third-order valence-electron chi connectivity index (χ3n) is 3.77. The molecule has 0 radical (unpaired) electrons. The highest BCUT2D eigenvalue weighted by Gasteiger charge is 2.12. The highest BCUT2D eigenvalue weighted by Crippen LogP contribution is 2.23. The van der Waals surface area contributed by atoms with Gasteiger partial charge in [0.05, 0.1) is 0 Å². The Morgan fingerprint density at radius 3 is 2.18 bits per heavy atom. The van der Waals surface area contributed by atoms with Crippen molar-refractivity contribution >= 4 is 11.4 Å².